The van der Waals surface area contributed by atoms with Crippen LogP contribution in [0.2, 0.25) is 0 Å². The Balaban J connectivity index is 1.86. The summed E-state index contributed by atoms with van der Waals surface area (Å²) in [7, 11) is 0. The molecule has 0 aliphatic carbocycles. The first kappa shape index (κ1) is 11.2. The number of carbonyl (C=O) groups is 1. The van der Waals surface area contributed by atoms with E-state index >= 15 is 0 Å². The Bertz CT molecular complexity index is 401. The molecule has 1 aliphatic heterocycles. The molecule has 0 spiro atoms. The standard InChI is InChI=1S/C14H19NO/c1-2-3-4-5-6-8-12-11-15-10-7-9-13(15)14(12)16/h7-10H,2-6,11H2,1H3. The Morgan fingerprint density at radius 3 is 3.00 bits per heavy atom. The highest BCUT2D eigenvalue weighted by Crippen LogP contribution is 2.21. The van der Waals surface area contributed by atoms with Gasteiger partial charge >= 0.3 is 0 Å². The van der Waals surface area contributed by atoms with Crippen molar-refractivity contribution in [3.8, 4) is 0 Å². The summed E-state index contributed by atoms with van der Waals surface area (Å²) in [5.74, 6) is 0.223. The topological polar surface area (TPSA) is 22.0 Å². The normalized spacial score (nSPS) is 17.1. The number of nitrogens with zero attached hydrogens (tertiary/aromatic N) is 1. The van der Waals surface area contributed by atoms with Gasteiger partial charge in [0.05, 0.1) is 12.2 Å². The number of ketones is 1. The second kappa shape index (κ2) is 5.15. The maximum absolute atomic E-state index is 11.9. The summed E-state index contributed by atoms with van der Waals surface area (Å²) < 4.78 is 2.03. The van der Waals surface area contributed by atoms with Gasteiger partial charge in [-0.3, -0.25) is 4.79 Å². The van der Waals surface area contributed by atoms with Crippen LogP contribution in [0.15, 0.2) is 30.0 Å². The van der Waals surface area contributed by atoms with E-state index in [4.69, 9.17) is 0 Å². The predicted molar refractivity (Wildman–Crippen MR) is 65.6 cm³/mol. The highest BCUT2D eigenvalue weighted by molar-refractivity contribution is 6.09. The van der Waals surface area contributed by atoms with Crippen LogP contribution in [0.4, 0.5) is 0 Å². The summed E-state index contributed by atoms with van der Waals surface area (Å²) >= 11 is 0. The van der Waals surface area contributed by atoms with Gasteiger partial charge in [-0.2, -0.15) is 0 Å². The lowest BCUT2D eigenvalue weighted by Gasteiger charge is -1.97. The molecule has 0 bridgehead atoms. The van der Waals surface area contributed by atoms with Gasteiger partial charge in [0.2, 0.25) is 5.78 Å². The number of hydrogen-bond acceptors (Lipinski definition) is 1. The fourth-order valence-electron chi connectivity index (χ4n) is 2.18. The molecular weight excluding hydrogens is 198 g/mol. The Morgan fingerprint density at radius 1 is 1.38 bits per heavy atom. The number of allylic oxidation sites excluding steroid dienone is 2. The largest absolute Gasteiger partial charge is 0.340 e. The van der Waals surface area contributed by atoms with Crippen LogP contribution in [0.1, 0.15) is 49.5 Å². The quantitative estimate of drug-likeness (QED) is 0.546. The molecule has 2 rings (SSSR count). The highest BCUT2D eigenvalue weighted by Gasteiger charge is 2.23. The molecule has 0 aromatic carbocycles. The van der Waals surface area contributed by atoms with Crippen molar-refractivity contribution in [3.05, 3.63) is 35.7 Å². The monoisotopic (exact) mass is 217 g/mol. The van der Waals surface area contributed by atoms with Crippen molar-refractivity contribution in [1.29, 1.82) is 0 Å². The second-order valence-corrected chi connectivity index (χ2v) is 4.43. The van der Waals surface area contributed by atoms with Gasteiger partial charge in [0.25, 0.3) is 0 Å². The molecular formula is C14H19NO. The smallest absolute Gasteiger partial charge is 0.206 e. The lowest BCUT2D eigenvalue weighted by molar-refractivity contribution is 0.103. The molecule has 1 aromatic rings. The van der Waals surface area contributed by atoms with E-state index in [0.717, 1.165) is 24.2 Å². The zero-order valence-corrected chi connectivity index (χ0v) is 9.91. The molecule has 0 saturated heterocycles. The summed E-state index contributed by atoms with van der Waals surface area (Å²) in [6.45, 7) is 2.99. The predicted octanol–water partition coefficient (Wildman–Crippen LogP) is 3.58. The fraction of sp³-hybridized carbons (Fsp3) is 0.500. The second-order valence-electron chi connectivity index (χ2n) is 4.43. The number of carbonyl (C=O) groups excluding carboxylic acids is 1. The van der Waals surface area contributed by atoms with Crippen LogP contribution in [-0.2, 0) is 6.54 Å². The van der Waals surface area contributed by atoms with Crippen molar-refractivity contribution in [2.75, 3.05) is 0 Å². The molecule has 86 valence electrons. The van der Waals surface area contributed by atoms with E-state index < -0.39 is 0 Å². The van der Waals surface area contributed by atoms with Crippen LogP contribution in [0.5, 0.6) is 0 Å². The van der Waals surface area contributed by atoms with Gasteiger partial charge in [0.1, 0.15) is 0 Å². The molecule has 1 aromatic heterocycles. The minimum Gasteiger partial charge on any atom is -0.340 e. The zero-order valence-electron chi connectivity index (χ0n) is 9.91. The van der Waals surface area contributed by atoms with E-state index in [1.807, 2.05) is 22.9 Å². The average Bonchev–Trinajstić information content (AvgIpc) is 2.83. The number of hydrogen-bond donors (Lipinski definition) is 0. The fourth-order valence-corrected chi connectivity index (χ4v) is 2.18. The van der Waals surface area contributed by atoms with Crippen molar-refractivity contribution >= 4 is 5.78 Å². The lowest BCUT2D eigenvalue weighted by atomic mass is 10.1. The first-order valence-electron chi connectivity index (χ1n) is 6.22. The average molecular weight is 217 g/mol. The van der Waals surface area contributed by atoms with Crippen LogP contribution in [0, 0.1) is 0 Å². The maximum Gasteiger partial charge on any atom is 0.206 e. The van der Waals surface area contributed by atoms with E-state index in [-0.39, 0.29) is 5.78 Å². The molecule has 0 unspecified atom stereocenters. The van der Waals surface area contributed by atoms with E-state index in [0.29, 0.717) is 0 Å². The molecule has 0 atom stereocenters. The van der Waals surface area contributed by atoms with E-state index in [1.54, 1.807) is 0 Å². The minimum absolute atomic E-state index is 0.223. The van der Waals surface area contributed by atoms with E-state index in [9.17, 15) is 4.79 Å². The number of rotatable bonds is 5. The molecule has 2 nitrogen and oxygen atoms in total. The van der Waals surface area contributed by atoms with Gasteiger partial charge in [-0.15, -0.1) is 0 Å². The maximum atomic E-state index is 11.9. The van der Waals surface area contributed by atoms with Crippen LogP contribution < -0.4 is 0 Å². The molecule has 0 saturated carbocycles. The van der Waals surface area contributed by atoms with Crippen molar-refractivity contribution in [3.63, 3.8) is 0 Å². The van der Waals surface area contributed by atoms with Crippen molar-refractivity contribution < 1.29 is 4.79 Å². The summed E-state index contributed by atoms with van der Waals surface area (Å²) in [6.07, 6.45) is 10.2. The van der Waals surface area contributed by atoms with Gasteiger partial charge < -0.3 is 4.57 Å². The van der Waals surface area contributed by atoms with Gasteiger partial charge in [0, 0.05) is 11.8 Å². The van der Waals surface area contributed by atoms with E-state index in [2.05, 4.69) is 13.0 Å². The first-order chi connectivity index (χ1) is 7.83. The number of fused-ring (bicyclic) bond motifs is 1. The molecule has 2 heteroatoms. The summed E-state index contributed by atoms with van der Waals surface area (Å²) in [6, 6.07) is 3.84. The van der Waals surface area contributed by atoms with Gasteiger partial charge in [0.15, 0.2) is 0 Å². The molecule has 2 heterocycles. The lowest BCUT2D eigenvalue weighted by Crippen LogP contribution is -1.94. The van der Waals surface area contributed by atoms with Gasteiger partial charge in [-0.25, -0.2) is 0 Å². The minimum atomic E-state index is 0.223. The zero-order chi connectivity index (χ0) is 11.4. The molecule has 0 amide bonds. The van der Waals surface area contributed by atoms with Crippen molar-refractivity contribution in [2.24, 2.45) is 0 Å². The third-order valence-electron chi connectivity index (χ3n) is 3.14. The molecule has 0 fully saturated rings. The van der Waals surface area contributed by atoms with Crippen molar-refractivity contribution in [1.82, 2.24) is 4.57 Å². The van der Waals surface area contributed by atoms with Crippen LogP contribution >= 0.6 is 0 Å². The molecule has 1 aliphatic rings. The van der Waals surface area contributed by atoms with Crippen LogP contribution in [0.25, 0.3) is 0 Å². The molecule has 0 radical (unpaired) electrons. The Kier molecular flexibility index (Phi) is 3.60. The number of aromatic nitrogens is 1. The number of unbranched alkanes of at least 4 members (excludes halogenated alkanes) is 4. The third-order valence-corrected chi connectivity index (χ3v) is 3.14. The molecule has 0 N–H and O–H groups in total. The molecule has 16 heavy (non-hydrogen) atoms. The third kappa shape index (κ3) is 2.26. The van der Waals surface area contributed by atoms with Gasteiger partial charge in [-0.05, 0) is 25.0 Å². The summed E-state index contributed by atoms with van der Waals surface area (Å²) in [5.41, 5.74) is 1.83. The summed E-state index contributed by atoms with van der Waals surface area (Å²) in [5, 5.41) is 0. The van der Waals surface area contributed by atoms with E-state index in [1.165, 1.54) is 25.7 Å². The van der Waals surface area contributed by atoms with Gasteiger partial charge in [-0.1, -0.05) is 32.3 Å². The highest BCUT2D eigenvalue weighted by atomic mass is 16.1. The Morgan fingerprint density at radius 2 is 2.25 bits per heavy atom. The first-order valence-corrected chi connectivity index (χ1v) is 6.22. The SMILES string of the molecule is CCCCCCC=C1Cn2cccc2C1=O. The van der Waals surface area contributed by atoms with Crippen LogP contribution in [0.3, 0.4) is 0 Å². The number of Topliss-reactive ketones (excluding diaryl/α,β-unsaturated/α-hetero) is 1. The Labute approximate surface area is 97.0 Å². The van der Waals surface area contributed by atoms with Crippen LogP contribution in [-0.4, -0.2) is 10.4 Å². The summed E-state index contributed by atoms with van der Waals surface area (Å²) in [4.78, 5) is 11.9. The van der Waals surface area contributed by atoms with Crippen molar-refractivity contribution in [2.45, 2.75) is 45.6 Å². The Hall–Kier alpha value is -1.31.